The van der Waals surface area contributed by atoms with Crippen LogP contribution in [0.3, 0.4) is 0 Å². The molecule has 0 aromatic rings. The van der Waals surface area contributed by atoms with E-state index >= 15 is 0 Å². The van der Waals surface area contributed by atoms with Gasteiger partial charge in [-0.2, -0.15) is 0 Å². The van der Waals surface area contributed by atoms with E-state index in [1.807, 2.05) is 11.8 Å². The van der Waals surface area contributed by atoms with Crippen LogP contribution in [0.15, 0.2) is 0 Å². The normalized spacial score (nSPS) is 3.50. The monoisotopic (exact) mass is 144 g/mol. The van der Waals surface area contributed by atoms with Gasteiger partial charge in [-0.05, 0) is 23.7 Å². The van der Waals surface area contributed by atoms with Crippen LogP contribution in [0.2, 0.25) is 0 Å². The van der Waals surface area contributed by atoms with E-state index in [0.717, 1.165) is 0 Å². The highest BCUT2D eigenvalue weighted by Crippen LogP contribution is 1.54. The molecule has 0 rings (SSSR count). The molecule has 50 valence electrons. The SMILES string of the molecule is [C-]#CC#CC#CC#CC#CC#[C-]. The minimum absolute atomic E-state index is 1.85. The first kappa shape index (κ1) is 9.36. The minimum atomic E-state index is 1.85. The zero-order chi connectivity index (χ0) is 9.07. The maximum Gasteiger partial charge on any atom is -0.00177 e. The molecule has 0 amide bonds. The van der Waals surface area contributed by atoms with Crippen LogP contribution in [0.4, 0.5) is 0 Å². The van der Waals surface area contributed by atoms with Crippen molar-refractivity contribution in [1.82, 2.24) is 0 Å². The van der Waals surface area contributed by atoms with E-state index in [2.05, 4.69) is 47.4 Å². The second-order valence-corrected chi connectivity index (χ2v) is 1.25. The minimum Gasteiger partial charge on any atom is -0.358 e. The maximum atomic E-state index is 6.40. The third-order valence-corrected chi connectivity index (χ3v) is 0.562. The van der Waals surface area contributed by atoms with Gasteiger partial charge < -0.3 is 12.8 Å². The first-order valence-electron chi connectivity index (χ1n) is 2.75. The van der Waals surface area contributed by atoms with Crippen LogP contribution >= 0.6 is 0 Å². The van der Waals surface area contributed by atoms with Gasteiger partial charge in [0.15, 0.2) is 0 Å². The van der Waals surface area contributed by atoms with Crippen molar-refractivity contribution in [3.63, 3.8) is 0 Å². The Morgan fingerprint density at radius 1 is 0.417 bits per heavy atom. The van der Waals surface area contributed by atoms with Gasteiger partial charge in [0.1, 0.15) is 0 Å². The summed E-state index contributed by atoms with van der Waals surface area (Å²) in [6, 6.07) is 0. The third kappa shape index (κ3) is 7.36. The zero-order valence-electron chi connectivity index (χ0n) is 6.00. The largest absolute Gasteiger partial charge is 0.358 e. The van der Waals surface area contributed by atoms with Gasteiger partial charge in [0, 0.05) is 0 Å². The van der Waals surface area contributed by atoms with Gasteiger partial charge in [0.05, 0.1) is 0 Å². The molecule has 12 heavy (non-hydrogen) atoms. The van der Waals surface area contributed by atoms with Gasteiger partial charge in [-0.15, -0.1) is 11.8 Å². The summed E-state index contributed by atoms with van der Waals surface area (Å²) in [5.41, 5.74) is 0. The summed E-state index contributed by atoms with van der Waals surface area (Å²) >= 11 is 0. The van der Waals surface area contributed by atoms with Crippen LogP contribution in [0.25, 0.3) is 0 Å². The second-order valence-electron chi connectivity index (χ2n) is 1.25. The van der Waals surface area contributed by atoms with Crippen molar-refractivity contribution >= 4 is 0 Å². The summed E-state index contributed by atoms with van der Waals surface area (Å²) in [5.74, 6) is 22.2. The van der Waals surface area contributed by atoms with Crippen LogP contribution in [0.1, 0.15) is 0 Å². The van der Waals surface area contributed by atoms with Crippen molar-refractivity contribution < 1.29 is 0 Å². The van der Waals surface area contributed by atoms with Crippen molar-refractivity contribution in [3.05, 3.63) is 12.8 Å². The molecule has 0 saturated heterocycles. The Balaban J connectivity index is 4.12. The topological polar surface area (TPSA) is 0 Å². The molecular formula is C12-2. The molecule has 0 unspecified atom stereocenters. The van der Waals surface area contributed by atoms with Crippen molar-refractivity contribution in [1.29, 1.82) is 0 Å². The van der Waals surface area contributed by atoms with E-state index in [-0.39, 0.29) is 0 Å². The summed E-state index contributed by atoms with van der Waals surface area (Å²) in [4.78, 5) is 0. The quantitative estimate of drug-likeness (QED) is 0.336. The lowest BCUT2D eigenvalue weighted by molar-refractivity contribution is 2.34. The third-order valence-electron chi connectivity index (χ3n) is 0.562. The summed E-state index contributed by atoms with van der Waals surface area (Å²) in [5, 5.41) is 0. The second kappa shape index (κ2) is 8.36. The van der Waals surface area contributed by atoms with Crippen molar-refractivity contribution in [2.75, 3.05) is 0 Å². The van der Waals surface area contributed by atoms with E-state index in [9.17, 15) is 0 Å². The number of rotatable bonds is 0. The highest BCUT2D eigenvalue weighted by molar-refractivity contribution is 5.42. The Morgan fingerprint density at radius 2 is 0.667 bits per heavy atom. The molecule has 0 nitrogen and oxygen atoms in total. The first-order chi connectivity index (χ1) is 5.91. The lowest BCUT2D eigenvalue weighted by Gasteiger charge is -1.65. The lowest BCUT2D eigenvalue weighted by Crippen LogP contribution is -1.53. The van der Waals surface area contributed by atoms with Crippen LogP contribution in [-0.4, -0.2) is 0 Å². The van der Waals surface area contributed by atoms with Crippen molar-refractivity contribution in [2.24, 2.45) is 0 Å². The smallest absolute Gasteiger partial charge is 0.00177 e. The van der Waals surface area contributed by atoms with Crippen molar-refractivity contribution in [3.8, 4) is 59.2 Å². The van der Waals surface area contributed by atoms with E-state index in [0.29, 0.717) is 0 Å². The summed E-state index contributed by atoms with van der Waals surface area (Å²) in [7, 11) is 0. The molecular weight excluding hydrogens is 144 g/mol. The molecule has 0 spiro atoms. The average Bonchev–Trinajstić information content (AvgIpc) is 2.10. The van der Waals surface area contributed by atoms with Crippen molar-refractivity contribution in [2.45, 2.75) is 0 Å². The Hall–Kier alpha value is -2.64. The standard InChI is InChI=1S/C12/c1-3-5-7-9-11-12-10-8-6-4-2/q-2. The van der Waals surface area contributed by atoms with Gasteiger partial charge in [-0.1, -0.05) is 0 Å². The summed E-state index contributed by atoms with van der Waals surface area (Å²) < 4.78 is 0. The molecule has 0 aliphatic rings. The van der Waals surface area contributed by atoms with Gasteiger partial charge in [0.25, 0.3) is 0 Å². The maximum absolute atomic E-state index is 6.40. The van der Waals surface area contributed by atoms with Gasteiger partial charge in [-0.25, -0.2) is 11.8 Å². The predicted octanol–water partition coefficient (Wildman–Crippen LogP) is 0.180. The Bertz CT molecular complexity index is 412. The van der Waals surface area contributed by atoms with E-state index in [4.69, 9.17) is 12.8 Å². The highest BCUT2D eigenvalue weighted by atomic mass is 13.6. The van der Waals surface area contributed by atoms with E-state index < -0.39 is 0 Å². The zero-order valence-corrected chi connectivity index (χ0v) is 6.00. The highest BCUT2D eigenvalue weighted by Gasteiger charge is 1.48. The molecule has 0 N–H and O–H groups in total. The Labute approximate surface area is 72.7 Å². The van der Waals surface area contributed by atoms with Crippen LogP contribution in [0, 0.1) is 72.1 Å². The first-order valence-corrected chi connectivity index (χ1v) is 2.75. The average molecular weight is 144 g/mol. The predicted molar refractivity (Wildman–Crippen MR) is 45.4 cm³/mol. The van der Waals surface area contributed by atoms with Crippen LogP contribution in [-0.2, 0) is 0 Å². The number of hydrogen-bond acceptors (Lipinski definition) is 0. The van der Waals surface area contributed by atoms with E-state index in [1.54, 1.807) is 0 Å². The summed E-state index contributed by atoms with van der Waals surface area (Å²) in [6.07, 6.45) is 12.8. The molecule has 0 bridgehead atoms. The van der Waals surface area contributed by atoms with Gasteiger partial charge >= 0.3 is 0 Å². The molecule has 0 heterocycles. The number of hydrogen-bond donors (Lipinski definition) is 0. The van der Waals surface area contributed by atoms with Gasteiger partial charge in [-0.3, -0.25) is 11.8 Å². The molecule has 0 atom stereocenters. The molecule has 0 aromatic carbocycles. The molecule has 0 fully saturated rings. The van der Waals surface area contributed by atoms with Crippen LogP contribution in [0.5, 0.6) is 0 Å². The molecule has 0 heteroatoms. The van der Waals surface area contributed by atoms with Crippen LogP contribution < -0.4 is 0 Å². The molecule has 0 aromatic heterocycles. The molecule has 0 radical (unpaired) electrons. The molecule has 0 saturated carbocycles. The molecule has 0 aliphatic heterocycles. The Kier molecular flexibility index (Phi) is 6.52. The fourth-order valence-electron chi connectivity index (χ4n) is 0.250. The fraction of sp³-hybridized carbons (Fsp3) is 0. The lowest BCUT2D eigenvalue weighted by atomic mass is 10.5. The Morgan fingerprint density at radius 3 is 0.917 bits per heavy atom. The van der Waals surface area contributed by atoms with E-state index in [1.165, 1.54) is 0 Å². The molecule has 0 aliphatic carbocycles. The summed E-state index contributed by atoms with van der Waals surface area (Å²) in [6.45, 7) is 0. The van der Waals surface area contributed by atoms with Gasteiger partial charge in [0.2, 0.25) is 0 Å². The fourth-order valence-corrected chi connectivity index (χ4v) is 0.250.